The summed E-state index contributed by atoms with van der Waals surface area (Å²) in [5, 5.41) is 9.72. The SMILES string of the molecule is CCN1CCC=C(c2ccc3oc(=O)c(C(=O)Nc4cn[nH]c4)cc3c2)C1. The molecule has 0 fully saturated rings. The van der Waals surface area contributed by atoms with Gasteiger partial charge in [0.05, 0.1) is 11.9 Å². The Labute approximate surface area is 155 Å². The lowest BCUT2D eigenvalue weighted by Gasteiger charge is -2.26. The van der Waals surface area contributed by atoms with Crippen molar-refractivity contribution in [2.75, 3.05) is 25.0 Å². The van der Waals surface area contributed by atoms with Gasteiger partial charge in [-0.05, 0) is 42.3 Å². The highest BCUT2D eigenvalue weighted by Crippen LogP contribution is 2.24. The zero-order chi connectivity index (χ0) is 18.8. The fourth-order valence-electron chi connectivity index (χ4n) is 3.28. The van der Waals surface area contributed by atoms with Crippen molar-refractivity contribution in [3.8, 4) is 0 Å². The van der Waals surface area contributed by atoms with Gasteiger partial charge in [0, 0.05) is 24.7 Å². The molecule has 2 N–H and O–H groups in total. The van der Waals surface area contributed by atoms with E-state index in [2.05, 4.69) is 33.4 Å². The van der Waals surface area contributed by atoms with Crippen molar-refractivity contribution in [3.05, 3.63) is 64.3 Å². The Balaban J connectivity index is 1.68. The van der Waals surface area contributed by atoms with Gasteiger partial charge in [0.2, 0.25) is 0 Å². The van der Waals surface area contributed by atoms with Crippen LogP contribution in [0.15, 0.2) is 51.9 Å². The van der Waals surface area contributed by atoms with Gasteiger partial charge < -0.3 is 9.73 Å². The number of hydrogen-bond donors (Lipinski definition) is 2. The van der Waals surface area contributed by atoms with E-state index in [1.165, 1.54) is 18.0 Å². The Morgan fingerprint density at radius 3 is 3.04 bits per heavy atom. The van der Waals surface area contributed by atoms with Crippen molar-refractivity contribution < 1.29 is 9.21 Å². The zero-order valence-electron chi connectivity index (χ0n) is 15.0. The van der Waals surface area contributed by atoms with Crippen LogP contribution in [0.4, 0.5) is 5.69 Å². The van der Waals surface area contributed by atoms with Crippen LogP contribution < -0.4 is 10.9 Å². The summed E-state index contributed by atoms with van der Waals surface area (Å²) in [6, 6.07) is 7.30. The van der Waals surface area contributed by atoms with E-state index in [1.54, 1.807) is 12.1 Å². The Hall–Kier alpha value is -3.19. The van der Waals surface area contributed by atoms with Crippen LogP contribution in [-0.2, 0) is 0 Å². The van der Waals surface area contributed by atoms with E-state index in [-0.39, 0.29) is 5.56 Å². The molecule has 138 valence electrons. The first-order valence-electron chi connectivity index (χ1n) is 8.94. The average Bonchev–Trinajstić information content (AvgIpc) is 3.20. The predicted octanol–water partition coefficient (Wildman–Crippen LogP) is 2.88. The molecule has 1 aliphatic heterocycles. The molecule has 3 heterocycles. The molecule has 0 unspecified atom stereocenters. The number of aromatic amines is 1. The molecule has 1 aromatic carbocycles. The Kier molecular flexibility index (Phi) is 4.60. The van der Waals surface area contributed by atoms with E-state index >= 15 is 0 Å². The second kappa shape index (κ2) is 7.20. The third kappa shape index (κ3) is 3.54. The highest BCUT2D eigenvalue weighted by atomic mass is 16.4. The van der Waals surface area contributed by atoms with Crippen LogP contribution in [0.3, 0.4) is 0 Å². The Morgan fingerprint density at radius 2 is 2.26 bits per heavy atom. The fourth-order valence-corrected chi connectivity index (χ4v) is 3.28. The minimum absolute atomic E-state index is 0.0336. The molecule has 1 aliphatic rings. The zero-order valence-corrected chi connectivity index (χ0v) is 15.0. The largest absolute Gasteiger partial charge is 0.422 e. The molecule has 0 spiro atoms. The summed E-state index contributed by atoms with van der Waals surface area (Å²) in [6.45, 7) is 5.13. The molecule has 0 saturated carbocycles. The number of nitrogens with zero attached hydrogens (tertiary/aromatic N) is 2. The number of benzene rings is 1. The van der Waals surface area contributed by atoms with E-state index in [0.29, 0.717) is 11.3 Å². The summed E-state index contributed by atoms with van der Waals surface area (Å²) in [5.74, 6) is -0.522. The van der Waals surface area contributed by atoms with Gasteiger partial charge in [-0.25, -0.2) is 4.79 Å². The molecule has 4 rings (SSSR count). The summed E-state index contributed by atoms with van der Waals surface area (Å²) in [7, 11) is 0. The van der Waals surface area contributed by atoms with Gasteiger partial charge in [-0.2, -0.15) is 5.10 Å². The van der Waals surface area contributed by atoms with E-state index in [4.69, 9.17) is 4.42 Å². The predicted molar refractivity (Wildman–Crippen MR) is 104 cm³/mol. The van der Waals surface area contributed by atoms with Crippen LogP contribution >= 0.6 is 0 Å². The summed E-state index contributed by atoms with van der Waals surface area (Å²) in [4.78, 5) is 27.0. The van der Waals surface area contributed by atoms with Crippen molar-refractivity contribution in [2.45, 2.75) is 13.3 Å². The smallest absolute Gasteiger partial charge is 0.349 e. The number of nitrogens with one attached hydrogen (secondary N) is 2. The fraction of sp³-hybridized carbons (Fsp3) is 0.250. The maximum absolute atomic E-state index is 12.4. The normalized spacial score (nSPS) is 14.9. The molecule has 0 aliphatic carbocycles. The van der Waals surface area contributed by atoms with E-state index in [0.717, 1.165) is 37.0 Å². The Morgan fingerprint density at radius 1 is 1.37 bits per heavy atom. The van der Waals surface area contributed by atoms with Gasteiger partial charge in [0.1, 0.15) is 11.1 Å². The number of anilines is 1. The maximum Gasteiger partial charge on any atom is 0.349 e. The summed E-state index contributed by atoms with van der Waals surface area (Å²) in [6.07, 6.45) is 6.27. The summed E-state index contributed by atoms with van der Waals surface area (Å²) in [5.41, 5.74) is 2.59. The molecule has 0 saturated heterocycles. The molecule has 0 bridgehead atoms. The standard InChI is InChI=1S/C20H20N4O3/c1-2-24-7-3-4-14(12-24)13-5-6-18-15(8-13)9-17(20(26)27-18)19(25)23-16-10-21-22-11-16/h4-6,8-11H,2-3,7,12H2,1H3,(H,21,22)(H,23,25). The maximum atomic E-state index is 12.4. The number of rotatable bonds is 4. The molecule has 1 amide bonds. The number of carbonyl (C=O) groups excluding carboxylic acids is 1. The minimum atomic E-state index is -0.662. The number of likely N-dealkylation sites (N-methyl/N-ethyl adjacent to an activating group) is 1. The molecule has 7 heteroatoms. The van der Waals surface area contributed by atoms with Gasteiger partial charge in [0.15, 0.2) is 0 Å². The number of hydrogen-bond acceptors (Lipinski definition) is 5. The van der Waals surface area contributed by atoms with Gasteiger partial charge >= 0.3 is 5.63 Å². The molecular formula is C20H20N4O3. The third-order valence-corrected chi connectivity index (χ3v) is 4.78. The van der Waals surface area contributed by atoms with Crippen LogP contribution in [-0.4, -0.2) is 40.6 Å². The lowest BCUT2D eigenvalue weighted by molar-refractivity contribution is 0.102. The van der Waals surface area contributed by atoms with Crippen LogP contribution in [0.5, 0.6) is 0 Å². The monoisotopic (exact) mass is 364 g/mol. The van der Waals surface area contributed by atoms with Crippen molar-refractivity contribution in [1.29, 1.82) is 0 Å². The molecule has 3 aromatic rings. The summed E-state index contributed by atoms with van der Waals surface area (Å²) < 4.78 is 5.35. The van der Waals surface area contributed by atoms with E-state index in [9.17, 15) is 9.59 Å². The van der Waals surface area contributed by atoms with Crippen LogP contribution in [0.25, 0.3) is 16.5 Å². The number of fused-ring (bicyclic) bond motifs is 1. The lowest BCUT2D eigenvalue weighted by Crippen LogP contribution is -2.29. The van der Waals surface area contributed by atoms with Gasteiger partial charge in [-0.3, -0.25) is 14.8 Å². The van der Waals surface area contributed by atoms with Gasteiger partial charge in [-0.15, -0.1) is 0 Å². The van der Waals surface area contributed by atoms with Crippen LogP contribution in [0, 0.1) is 0 Å². The minimum Gasteiger partial charge on any atom is -0.422 e. The molecule has 0 radical (unpaired) electrons. The highest BCUT2D eigenvalue weighted by molar-refractivity contribution is 6.05. The average molecular weight is 364 g/mol. The second-order valence-electron chi connectivity index (χ2n) is 6.53. The van der Waals surface area contributed by atoms with E-state index in [1.807, 2.05) is 12.1 Å². The number of carbonyl (C=O) groups is 1. The highest BCUT2D eigenvalue weighted by Gasteiger charge is 2.16. The molecule has 2 aromatic heterocycles. The van der Waals surface area contributed by atoms with Gasteiger partial charge in [-0.1, -0.05) is 19.1 Å². The van der Waals surface area contributed by atoms with Gasteiger partial charge in [0.25, 0.3) is 5.91 Å². The van der Waals surface area contributed by atoms with Crippen molar-refractivity contribution in [2.24, 2.45) is 0 Å². The number of amides is 1. The molecular weight excluding hydrogens is 344 g/mol. The number of H-pyrrole nitrogens is 1. The van der Waals surface area contributed by atoms with Crippen molar-refractivity contribution in [3.63, 3.8) is 0 Å². The first kappa shape index (κ1) is 17.2. The van der Waals surface area contributed by atoms with Crippen LogP contribution in [0.1, 0.15) is 29.3 Å². The van der Waals surface area contributed by atoms with Crippen molar-refractivity contribution >= 4 is 28.1 Å². The molecule has 27 heavy (non-hydrogen) atoms. The van der Waals surface area contributed by atoms with Crippen molar-refractivity contribution in [1.82, 2.24) is 15.1 Å². The number of aromatic nitrogens is 2. The quantitative estimate of drug-likeness (QED) is 0.695. The first-order chi connectivity index (χ1) is 13.1. The molecule has 7 nitrogen and oxygen atoms in total. The van der Waals surface area contributed by atoms with E-state index < -0.39 is 11.5 Å². The molecule has 0 atom stereocenters. The van der Waals surface area contributed by atoms with Crippen LogP contribution in [0.2, 0.25) is 0 Å². The first-order valence-corrected chi connectivity index (χ1v) is 8.94. The third-order valence-electron chi connectivity index (χ3n) is 4.78. The topological polar surface area (TPSA) is 91.2 Å². The lowest BCUT2D eigenvalue weighted by atomic mass is 9.99. The Bertz CT molecular complexity index is 1070. The summed E-state index contributed by atoms with van der Waals surface area (Å²) >= 11 is 0. The second-order valence-corrected chi connectivity index (χ2v) is 6.53.